The van der Waals surface area contributed by atoms with Crippen LogP contribution in [0.4, 0.5) is 19.3 Å². The Labute approximate surface area is 164 Å². The van der Waals surface area contributed by atoms with Gasteiger partial charge in [0.2, 0.25) is 5.43 Å². The first-order valence-corrected chi connectivity index (χ1v) is 9.35. The number of carboxylic acid groups (broad SMARTS) is 1. The van der Waals surface area contributed by atoms with Crippen LogP contribution in [0, 0.1) is 11.6 Å². The summed E-state index contributed by atoms with van der Waals surface area (Å²) in [5.74, 6) is -2.32. The number of pyridine rings is 1. The number of ether oxygens (including phenoxy) is 1. The van der Waals surface area contributed by atoms with Gasteiger partial charge >= 0.3 is 6.16 Å². The minimum Gasteiger partial charge on any atom is -0.449 e. The Balaban J connectivity index is 1.94. The van der Waals surface area contributed by atoms with E-state index in [0.29, 0.717) is 19.6 Å². The van der Waals surface area contributed by atoms with E-state index >= 15 is 8.78 Å². The molecule has 2 fully saturated rings. The van der Waals surface area contributed by atoms with Gasteiger partial charge in [-0.3, -0.25) is 4.79 Å². The second-order valence-corrected chi connectivity index (χ2v) is 7.54. The molecule has 0 radical (unpaired) electrons. The van der Waals surface area contributed by atoms with Crippen molar-refractivity contribution in [1.82, 2.24) is 9.47 Å². The Morgan fingerprint density at radius 3 is 2.66 bits per heavy atom. The summed E-state index contributed by atoms with van der Waals surface area (Å²) in [5, 5.41) is 18.3. The predicted molar refractivity (Wildman–Crippen MR) is 101 cm³/mol. The number of anilines is 1. The van der Waals surface area contributed by atoms with Crippen molar-refractivity contribution in [1.29, 1.82) is 0 Å². The summed E-state index contributed by atoms with van der Waals surface area (Å²) in [6.07, 6.45) is 0.952. The van der Waals surface area contributed by atoms with E-state index in [1.165, 1.54) is 15.7 Å². The van der Waals surface area contributed by atoms with E-state index in [4.69, 9.17) is 5.11 Å². The summed E-state index contributed by atoms with van der Waals surface area (Å²) < 4.78 is 36.7. The number of piperazine rings is 1. The van der Waals surface area contributed by atoms with Gasteiger partial charge in [0, 0.05) is 25.7 Å². The van der Waals surface area contributed by atoms with Gasteiger partial charge in [0.05, 0.1) is 29.7 Å². The Bertz CT molecular complexity index is 1040. The van der Waals surface area contributed by atoms with E-state index in [9.17, 15) is 14.7 Å². The molecule has 1 aromatic carbocycles. The number of fused-ring (bicyclic) bond motifs is 1. The van der Waals surface area contributed by atoms with E-state index in [1.807, 2.05) is 11.9 Å². The largest absolute Gasteiger partial charge is 0.511 e. The SMILES string of the molecule is CN1CCN(c2c(F)cc3c(=O)c(OC(=O)O)cn(C4CC4)c3c2F)C(CO)C1. The number of aliphatic hydroxyl groups is 1. The highest BCUT2D eigenvalue weighted by Gasteiger charge is 2.33. The second-order valence-electron chi connectivity index (χ2n) is 7.54. The highest BCUT2D eigenvalue weighted by Crippen LogP contribution is 2.40. The molecule has 10 heteroatoms. The number of hydrogen-bond donors (Lipinski definition) is 2. The Hall–Kier alpha value is -2.72. The third-order valence-corrected chi connectivity index (χ3v) is 5.47. The number of benzene rings is 1. The van der Waals surface area contributed by atoms with Crippen molar-refractivity contribution in [3.05, 3.63) is 34.1 Å². The van der Waals surface area contributed by atoms with Crippen molar-refractivity contribution in [2.24, 2.45) is 0 Å². The second kappa shape index (κ2) is 7.27. The quantitative estimate of drug-likeness (QED) is 0.744. The molecule has 1 saturated carbocycles. The summed E-state index contributed by atoms with van der Waals surface area (Å²) >= 11 is 0. The zero-order chi connectivity index (χ0) is 20.9. The average molecular weight is 409 g/mol. The predicted octanol–water partition coefficient (Wildman–Crippen LogP) is 1.78. The molecule has 8 nitrogen and oxygen atoms in total. The van der Waals surface area contributed by atoms with Gasteiger partial charge in [0.1, 0.15) is 11.5 Å². The van der Waals surface area contributed by atoms with Crippen molar-refractivity contribution in [2.45, 2.75) is 24.9 Å². The first kappa shape index (κ1) is 19.6. The highest BCUT2D eigenvalue weighted by atomic mass is 19.1. The minimum atomic E-state index is -1.68. The van der Waals surface area contributed by atoms with Crippen LogP contribution in [0.1, 0.15) is 18.9 Å². The van der Waals surface area contributed by atoms with Crippen molar-refractivity contribution in [3.63, 3.8) is 0 Å². The molecule has 2 aliphatic rings. The normalized spacial score (nSPS) is 20.3. The van der Waals surface area contributed by atoms with Gasteiger partial charge in [-0.05, 0) is 26.0 Å². The molecule has 0 bridgehead atoms. The molecule has 1 aliphatic heterocycles. The fourth-order valence-corrected chi connectivity index (χ4v) is 3.94. The van der Waals surface area contributed by atoms with Gasteiger partial charge in [-0.1, -0.05) is 0 Å². The van der Waals surface area contributed by atoms with Gasteiger partial charge in [-0.15, -0.1) is 0 Å². The molecule has 1 aromatic heterocycles. The molecule has 1 saturated heterocycles. The van der Waals surface area contributed by atoms with Crippen LogP contribution >= 0.6 is 0 Å². The van der Waals surface area contributed by atoms with Crippen LogP contribution in [0.15, 0.2) is 17.1 Å². The minimum absolute atomic E-state index is 0.0812. The van der Waals surface area contributed by atoms with Gasteiger partial charge < -0.3 is 29.3 Å². The molecular weight excluding hydrogens is 388 g/mol. The molecular formula is C19H21F2N3O5. The summed E-state index contributed by atoms with van der Waals surface area (Å²) in [7, 11) is 1.86. The lowest BCUT2D eigenvalue weighted by molar-refractivity contribution is 0.143. The van der Waals surface area contributed by atoms with Gasteiger partial charge in [-0.2, -0.15) is 0 Å². The number of halogens is 2. The molecule has 2 aromatic rings. The molecule has 2 N–H and O–H groups in total. The average Bonchev–Trinajstić information content (AvgIpc) is 3.50. The van der Waals surface area contributed by atoms with Crippen molar-refractivity contribution < 1.29 is 28.5 Å². The lowest BCUT2D eigenvalue weighted by Crippen LogP contribution is -2.54. The van der Waals surface area contributed by atoms with Crippen molar-refractivity contribution >= 4 is 22.7 Å². The maximum Gasteiger partial charge on any atom is 0.511 e. The number of carbonyl (C=O) groups is 1. The third kappa shape index (κ3) is 3.42. The maximum absolute atomic E-state index is 15.7. The van der Waals surface area contributed by atoms with E-state index in [-0.39, 0.29) is 29.2 Å². The van der Waals surface area contributed by atoms with E-state index in [2.05, 4.69) is 4.74 Å². The zero-order valence-corrected chi connectivity index (χ0v) is 15.8. The summed E-state index contributed by atoms with van der Waals surface area (Å²) in [5.41, 5.74) is -1.26. The molecule has 0 spiro atoms. The van der Waals surface area contributed by atoms with E-state index in [0.717, 1.165) is 18.9 Å². The first-order valence-electron chi connectivity index (χ1n) is 9.35. The molecule has 1 atom stereocenters. The monoisotopic (exact) mass is 409 g/mol. The molecule has 1 unspecified atom stereocenters. The fourth-order valence-electron chi connectivity index (χ4n) is 3.94. The fraction of sp³-hybridized carbons (Fsp3) is 0.474. The Kier molecular flexibility index (Phi) is 4.91. The first-order chi connectivity index (χ1) is 13.8. The number of likely N-dealkylation sites (N-methyl/N-ethyl adjacent to an activating group) is 1. The number of hydrogen-bond acceptors (Lipinski definition) is 6. The lowest BCUT2D eigenvalue weighted by Gasteiger charge is -2.41. The van der Waals surface area contributed by atoms with Crippen molar-refractivity contribution in [3.8, 4) is 5.75 Å². The Morgan fingerprint density at radius 2 is 2.03 bits per heavy atom. The van der Waals surface area contributed by atoms with Crippen LogP contribution < -0.4 is 15.1 Å². The summed E-state index contributed by atoms with van der Waals surface area (Å²) in [6, 6.07) is 0.310. The highest BCUT2D eigenvalue weighted by molar-refractivity contribution is 5.86. The maximum atomic E-state index is 15.7. The van der Waals surface area contributed by atoms with E-state index in [1.54, 1.807) is 0 Å². The van der Waals surface area contributed by atoms with Gasteiger partial charge in [0.15, 0.2) is 11.6 Å². The summed E-state index contributed by atoms with van der Waals surface area (Å²) in [6.45, 7) is 1.04. The Morgan fingerprint density at radius 1 is 1.31 bits per heavy atom. The number of aliphatic hydroxyl groups excluding tert-OH is 1. The molecule has 0 amide bonds. The number of nitrogens with zero attached hydrogens (tertiary/aromatic N) is 3. The summed E-state index contributed by atoms with van der Waals surface area (Å²) in [4.78, 5) is 27.0. The molecule has 1 aliphatic carbocycles. The number of rotatable bonds is 4. The molecule has 156 valence electrons. The van der Waals surface area contributed by atoms with Gasteiger partial charge in [-0.25, -0.2) is 13.6 Å². The van der Waals surface area contributed by atoms with Gasteiger partial charge in [0.25, 0.3) is 0 Å². The topological polar surface area (TPSA) is 95.2 Å². The van der Waals surface area contributed by atoms with Crippen LogP contribution in [0.25, 0.3) is 10.9 Å². The molecule has 4 rings (SSSR count). The van der Waals surface area contributed by atoms with Crippen LogP contribution in [-0.2, 0) is 0 Å². The molecule has 2 heterocycles. The van der Waals surface area contributed by atoms with Crippen LogP contribution in [0.2, 0.25) is 0 Å². The van der Waals surface area contributed by atoms with Crippen LogP contribution in [0.5, 0.6) is 5.75 Å². The van der Waals surface area contributed by atoms with E-state index < -0.39 is 35.0 Å². The smallest absolute Gasteiger partial charge is 0.449 e. The van der Waals surface area contributed by atoms with Crippen LogP contribution in [-0.4, -0.2) is 65.2 Å². The standard InChI is InChI=1S/C19H21F2N3O5/c1-22-4-5-23(11(7-22)9-25)17-13(20)6-12-16(15(17)21)24(10-2-3-10)8-14(18(12)26)29-19(27)28/h6,8,10-11,25H,2-5,7,9H2,1H3,(H,27,28). The van der Waals surface area contributed by atoms with Crippen LogP contribution in [0.3, 0.4) is 0 Å². The zero-order valence-electron chi connectivity index (χ0n) is 15.8. The van der Waals surface area contributed by atoms with Crippen molar-refractivity contribution in [2.75, 3.05) is 38.2 Å². The number of aromatic nitrogens is 1. The molecule has 29 heavy (non-hydrogen) atoms. The third-order valence-electron chi connectivity index (χ3n) is 5.47. The lowest BCUT2D eigenvalue weighted by atomic mass is 10.1.